The number of fused-ring (bicyclic) bond motifs is 1. The SMILES string of the molecule is Cc1cc(Br)cnc1N1CCCC(C(=O)N2CCc3sccc3C2)C1. The van der Waals surface area contributed by atoms with Crippen LogP contribution in [0.15, 0.2) is 28.2 Å². The maximum absolute atomic E-state index is 13.1. The average molecular weight is 420 g/mol. The van der Waals surface area contributed by atoms with Crippen molar-refractivity contribution in [1.82, 2.24) is 9.88 Å². The van der Waals surface area contributed by atoms with Gasteiger partial charge in [-0.2, -0.15) is 0 Å². The number of carbonyl (C=O) groups is 1. The fourth-order valence-corrected chi connectivity index (χ4v) is 5.27. The Labute approximate surface area is 161 Å². The van der Waals surface area contributed by atoms with Crippen LogP contribution in [-0.2, 0) is 17.8 Å². The molecule has 2 aliphatic rings. The van der Waals surface area contributed by atoms with Gasteiger partial charge in [-0.05, 0) is 70.8 Å². The summed E-state index contributed by atoms with van der Waals surface area (Å²) in [4.78, 5) is 23.5. The van der Waals surface area contributed by atoms with Gasteiger partial charge in [0.1, 0.15) is 5.82 Å². The van der Waals surface area contributed by atoms with Gasteiger partial charge in [-0.1, -0.05) is 0 Å². The molecule has 0 bridgehead atoms. The van der Waals surface area contributed by atoms with E-state index in [1.165, 1.54) is 10.4 Å². The number of rotatable bonds is 2. The minimum Gasteiger partial charge on any atom is -0.356 e. The maximum Gasteiger partial charge on any atom is 0.227 e. The first kappa shape index (κ1) is 17.0. The number of hydrogen-bond donors (Lipinski definition) is 0. The number of aryl methyl sites for hydroxylation is 1. The molecule has 25 heavy (non-hydrogen) atoms. The fourth-order valence-electron chi connectivity index (χ4n) is 3.93. The molecule has 132 valence electrons. The standard InChI is InChI=1S/C19H22BrN3OS/c1-13-9-16(20)10-21-18(13)22-6-2-3-15(12-22)19(24)23-7-4-17-14(11-23)5-8-25-17/h5,8-10,15H,2-4,6-7,11-12H2,1H3. The summed E-state index contributed by atoms with van der Waals surface area (Å²) in [5, 5.41) is 2.14. The summed E-state index contributed by atoms with van der Waals surface area (Å²) in [6.45, 7) is 5.48. The van der Waals surface area contributed by atoms with Crippen LogP contribution in [0.5, 0.6) is 0 Å². The first-order chi connectivity index (χ1) is 12.1. The normalized spacial score (nSPS) is 20.5. The molecule has 1 unspecified atom stereocenters. The third-order valence-electron chi connectivity index (χ3n) is 5.21. The van der Waals surface area contributed by atoms with Crippen LogP contribution in [0.3, 0.4) is 0 Å². The molecule has 2 aromatic rings. The van der Waals surface area contributed by atoms with E-state index in [4.69, 9.17) is 0 Å². The highest BCUT2D eigenvalue weighted by Gasteiger charge is 2.32. The molecule has 2 aromatic heterocycles. The number of carbonyl (C=O) groups excluding carboxylic acids is 1. The summed E-state index contributed by atoms with van der Waals surface area (Å²) >= 11 is 5.29. The molecule has 0 saturated carbocycles. The summed E-state index contributed by atoms with van der Waals surface area (Å²) in [6.07, 6.45) is 4.88. The highest BCUT2D eigenvalue weighted by molar-refractivity contribution is 9.10. The molecule has 1 saturated heterocycles. The molecule has 1 amide bonds. The Balaban J connectivity index is 1.47. The van der Waals surface area contributed by atoms with Crippen molar-refractivity contribution in [2.24, 2.45) is 5.92 Å². The van der Waals surface area contributed by atoms with E-state index >= 15 is 0 Å². The Bertz CT molecular complexity index is 791. The van der Waals surface area contributed by atoms with Crippen LogP contribution in [0.4, 0.5) is 5.82 Å². The predicted octanol–water partition coefficient (Wildman–Crippen LogP) is 4.02. The minimum absolute atomic E-state index is 0.0822. The lowest BCUT2D eigenvalue weighted by atomic mass is 9.95. The number of nitrogens with zero attached hydrogens (tertiary/aromatic N) is 3. The Morgan fingerprint density at radius 3 is 3.12 bits per heavy atom. The second-order valence-electron chi connectivity index (χ2n) is 6.96. The summed E-state index contributed by atoms with van der Waals surface area (Å²) < 4.78 is 0.998. The van der Waals surface area contributed by atoms with Crippen molar-refractivity contribution in [3.05, 3.63) is 44.2 Å². The smallest absolute Gasteiger partial charge is 0.227 e. The Morgan fingerprint density at radius 1 is 1.40 bits per heavy atom. The van der Waals surface area contributed by atoms with E-state index in [-0.39, 0.29) is 5.92 Å². The number of pyridine rings is 1. The summed E-state index contributed by atoms with van der Waals surface area (Å²) in [6, 6.07) is 4.26. The zero-order chi connectivity index (χ0) is 17.4. The topological polar surface area (TPSA) is 36.4 Å². The van der Waals surface area contributed by atoms with Crippen molar-refractivity contribution in [2.75, 3.05) is 24.5 Å². The zero-order valence-corrected chi connectivity index (χ0v) is 16.8. The largest absolute Gasteiger partial charge is 0.356 e. The first-order valence-electron chi connectivity index (χ1n) is 8.83. The predicted molar refractivity (Wildman–Crippen MR) is 105 cm³/mol. The van der Waals surface area contributed by atoms with Crippen LogP contribution in [0.2, 0.25) is 0 Å². The molecule has 4 rings (SSSR count). The van der Waals surface area contributed by atoms with Crippen LogP contribution in [0, 0.1) is 12.8 Å². The van der Waals surface area contributed by atoms with Gasteiger partial charge in [-0.3, -0.25) is 4.79 Å². The van der Waals surface area contributed by atoms with E-state index in [1.54, 1.807) is 0 Å². The van der Waals surface area contributed by atoms with Gasteiger partial charge < -0.3 is 9.80 Å². The maximum atomic E-state index is 13.1. The van der Waals surface area contributed by atoms with E-state index < -0.39 is 0 Å². The van der Waals surface area contributed by atoms with E-state index in [9.17, 15) is 4.79 Å². The van der Waals surface area contributed by atoms with Crippen LogP contribution in [0.1, 0.15) is 28.8 Å². The molecular formula is C19H22BrN3OS. The second kappa shape index (κ2) is 7.08. The van der Waals surface area contributed by atoms with Gasteiger partial charge >= 0.3 is 0 Å². The third kappa shape index (κ3) is 3.47. The molecule has 0 aromatic carbocycles. The van der Waals surface area contributed by atoms with Gasteiger partial charge in [-0.15, -0.1) is 11.3 Å². The Hall–Kier alpha value is -1.40. The van der Waals surface area contributed by atoms with Crippen LogP contribution in [0.25, 0.3) is 0 Å². The van der Waals surface area contributed by atoms with Crippen LogP contribution < -0.4 is 4.90 Å². The number of hydrogen-bond acceptors (Lipinski definition) is 4. The van der Waals surface area contributed by atoms with Crippen molar-refractivity contribution >= 4 is 39.0 Å². The molecule has 6 heteroatoms. The summed E-state index contributed by atoms with van der Waals surface area (Å²) in [7, 11) is 0. The molecule has 1 atom stereocenters. The van der Waals surface area contributed by atoms with Crippen LogP contribution in [-0.4, -0.2) is 35.4 Å². The lowest BCUT2D eigenvalue weighted by molar-refractivity contribution is -0.136. The van der Waals surface area contributed by atoms with Crippen LogP contribution >= 0.6 is 27.3 Å². The lowest BCUT2D eigenvalue weighted by Gasteiger charge is -2.37. The molecule has 0 radical (unpaired) electrons. The molecule has 4 heterocycles. The van der Waals surface area contributed by atoms with Gasteiger partial charge in [0.05, 0.1) is 5.92 Å². The van der Waals surface area contributed by atoms with Gasteiger partial charge in [0.15, 0.2) is 0 Å². The molecular weight excluding hydrogens is 398 g/mol. The molecule has 1 fully saturated rings. The monoisotopic (exact) mass is 419 g/mol. The number of amides is 1. The Morgan fingerprint density at radius 2 is 2.28 bits per heavy atom. The number of aromatic nitrogens is 1. The molecule has 0 N–H and O–H groups in total. The Kier molecular flexibility index (Phi) is 4.82. The van der Waals surface area contributed by atoms with Gasteiger partial charge in [0.2, 0.25) is 5.91 Å². The number of piperidine rings is 1. The zero-order valence-electron chi connectivity index (χ0n) is 14.4. The van der Waals surface area contributed by atoms with E-state index in [2.05, 4.69) is 55.2 Å². The van der Waals surface area contributed by atoms with Crippen molar-refractivity contribution in [1.29, 1.82) is 0 Å². The number of halogens is 1. The molecule has 0 aliphatic carbocycles. The third-order valence-corrected chi connectivity index (χ3v) is 6.66. The van der Waals surface area contributed by atoms with Gasteiger partial charge in [-0.25, -0.2) is 4.98 Å². The highest BCUT2D eigenvalue weighted by Crippen LogP contribution is 2.29. The fraction of sp³-hybridized carbons (Fsp3) is 0.474. The summed E-state index contributed by atoms with van der Waals surface area (Å²) in [5.74, 6) is 1.41. The summed E-state index contributed by atoms with van der Waals surface area (Å²) in [5.41, 5.74) is 2.49. The second-order valence-corrected chi connectivity index (χ2v) is 8.87. The van der Waals surface area contributed by atoms with E-state index in [0.29, 0.717) is 5.91 Å². The highest BCUT2D eigenvalue weighted by atomic mass is 79.9. The van der Waals surface area contributed by atoms with Crippen molar-refractivity contribution < 1.29 is 4.79 Å². The van der Waals surface area contributed by atoms with Crippen molar-refractivity contribution in [2.45, 2.75) is 32.7 Å². The van der Waals surface area contributed by atoms with Crippen molar-refractivity contribution in [3.8, 4) is 0 Å². The number of thiophene rings is 1. The average Bonchev–Trinajstić information content (AvgIpc) is 3.09. The van der Waals surface area contributed by atoms with E-state index in [1.807, 2.05) is 17.5 Å². The molecule has 4 nitrogen and oxygen atoms in total. The van der Waals surface area contributed by atoms with E-state index in [0.717, 1.165) is 61.3 Å². The molecule has 0 spiro atoms. The van der Waals surface area contributed by atoms with Gasteiger partial charge in [0, 0.05) is 41.7 Å². The minimum atomic E-state index is 0.0822. The number of anilines is 1. The lowest BCUT2D eigenvalue weighted by Crippen LogP contribution is -2.46. The quantitative estimate of drug-likeness (QED) is 0.737. The first-order valence-corrected chi connectivity index (χ1v) is 10.5. The molecule has 2 aliphatic heterocycles. The van der Waals surface area contributed by atoms with Crippen molar-refractivity contribution in [3.63, 3.8) is 0 Å². The van der Waals surface area contributed by atoms with Gasteiger partial charge in [0.25, 0.3) is 0 Å².